The van der Waals surface area contributed by atoms with E-state index in [1.54, 1.807) is 0 Å². The quantitative estimate of drug-likeness (QED) is 0.0223. The van der Waals surface area contributed by atoms with Crippen LogP contribution in [0.3, 0.4) is 0 Å². The van der Waals surface area contributed by atoms with Gasteiger partial charge in [-0.05, 0) is 70.6 Å². The van der Waals surface area contributed by atoms with Crippen LogP contribution in [0.1, 0.15) is 129 Å². The van der Waals surface area contributed by atoms with Gasteiger partial charge in [-0.2, -0.15) is 0 Å². The topological polar surface area (TPSA) is 108 Å². The van der Waals surface area contributed by atoms with Crippen molar-refractivity contribution in [3.63, 3.8) is 0 Å². The number of hydrogen-bond donors (Lipinski definition) is 1. The smallest absolute Gasteiger partial charge is 0.462 e. The Labute approximate surface area is 329 Å². The molecule has 0 aromatic carbocycles. The number of ether oxygens (including phenoxy) is 2. The normalized spacial score (nSPS) is 14.6. The van der Waals surface area contributed by atoms with Gasteiger partial charge < -0.3 is 18.9 Å². The summed E-state index contributed by atoms with van der Waals surface area (Å²) in [6, 6.07) is 0. The van der Waals surface area contributed by atoms with Crippen molar-refractivity contribution in [2.45, 2.75) is 136 Å². The summed E-state index contributed by atoms with van der Waals surface area (Å²) < 4.78 is 33.9. The predicted molar refractivity (Wildman–Crippen MR) is 224 cm³/mol. The number of phosphoric acid groups is 1. The molecule has 0 spiro atoms. The number of carbonyl (C=O) groups is 2. The molecule has 0 saturated heterocycles. The maximum Gasteiger partial charge on any atom is 0.472 e. The second-order valence-corrected chi connectivity index (χ2v) is 15.7. The average molecular weight is 777 g/mol. The summed E-state index contributed by atoms with van der Waals surface area (Å²) in [5.41, 5.74) is 0. The highest BCUT2D eigenvalue weighted by Gasteiger charge is 2.27. The molecule has 0 fully saturated rings. The first kappa shape index (κ1) is 51.2. The summed E-state index contributed by atoms with van der Waals surface area (Å²) in [7, 11) is 1.43. The fourth-order valence-electron chi connectivity index (χ4n) is 4.76. The van der Waals surface area contributed by atoms with Gasteiger partial charge in [-0.3, -0.25) is 18.6 Å². The van der Waals surface area contributed by atoms with Crippen LogP contribution in [0.2, 0.25) is 0 Å². The van der Waals surface area contributed by atoms with E-state index >= 15 is 0 Å². The van der Waals surface area contributed by atoms with E-state index in [2.05, 4.69) is 98.9 Å². The molecular formula is C44H75NO8P+. The molecule has 308 valence electrons. The zero-order valence-electron chi connectivity index (χ0n) is 34.4. The number of rotatable bonds is 35. The van der Waals surface area contributed by atoms with E-state index in [0.717, 1.165) is 96.3 Å². The Morgan fingerprint density at radius 2 is 1.06 bits per heavy atom. The van der Waals surface area contributed by atoms with Crippen molar-refractivity contribution in [2.24, 2.45) is 0 Å². The highest BCUT2D eigenvalue weighted by atomic mass is 31.2. The average Bonchev–Trinajstić information content (AvgIpc) is 3.12. The molecular weight excluding hydrogens is 701 g/mol. The lowest BCUT2D eigenvalue weighted by Crippen LogP contribution is -2.37. The second-order valence-electron chi connectivity index (χ2n) is 14.3. The van der Waals surface area contributed by atoms with E-state index in [4.69, 9.17) is 18.5 Å². The fourth-order valence-corrected chi connectivity index (χ4v) is 5.50. The van der Waals surface area contributed by atoms with Crippen LogP contribution in [0.5, 0.6) is 0 Å². The van der Waals surface area contributed by atoms with Crippen LogP contribution in [0.4, 0.5) is 0 Å². The fraction of sp³-hybridized carbons (Fsp3) is 0.636. The highest BCUT2D eigenvalue weighted by molar-refractivity contribution is 7.47. The maximum absolute atomic E-state index is 12.6. The molecule has 0 aliphatic carbocycles. The standard InChI is InChI=1S/C44H74NO8P/c1-6-8-10-12-13-14-15-16-17-18-19-20-21-22-23-24-25-26-27-28-29-30-31-33-35-37-44(47)53-42(40-50-43(46)36-34-32-11-9-7-2)41-52-54(48,49)51-39-38-45(3,4)5/h8,10,13-14,16-17,19-20,22-23,25-26,28-29,42H,6-7,9,11-12,15,18,21,24,27,30-41H2,1-5H3/p+1/b10-8-,14-13-,17-16-,20-19-,23-22-,26-25-,29-28-. The SMILES string of the molecule is CC/C=C\C/C=C\C/C=C\C/C=C\C/C=C\C/C=C\C/C=C\CCCCCC(=O)OC(COC(=O)CCCCCCC)COP(=O)(O)OCC[N+](C)(C)C. The van der Waals surface area contributed by atoms with Crippen molar-refractivity contribution in [3.05, 3.63) is 85.1 Å². The monoisotopic (exact) mass is 777 g/mol. The molecule has 9 nitrogen and oxygen atoms in total. The zero-order valence-corrected chi connectivity index (χ0v) is 35.3. The Balaban J connectivity index is 4.30. The molecule has 2 unspecified atom stereocenters. The number of carbonyl (C=O) groups excluding carboxylic acids is 2. The number of esters is 2. The van der Waals surface area contributed by atoms with Gasteiger partial charge in [-0.1, -0.05) is 131 Å². The molecule has 0 amide bonds. The van der Waals surface area contributed by atoms with Crippen molar-refractivity contribution in [3.8, 4) is 0 Å². The predicted octanol–water partition coefficient (Wildman–Crippen LogP) is 11.2. The Morgan fingerprint density at radius 3 is 1.56 bits per heavy atom. The summed E-state index contributed by atoms with van der Waals surface area (Å²) in [5, 5.41) is 0. The minimum Gasteiger partial charge on any atom is -0.462 e. The molecule has 2 atom stereocenters. The number of hydrogen-bond acceptors (Lipinski definition) is 7. The van der Waals surface area contributed by atoms with E-state index in [9.17, 15) is 19.0 Å². The molecule has 10 heteroatoms. The van der Waals surface area contributed by atoms with Crippen LogP contribution in [-0.2, 0) is 32.7 Å². The third-order valence-electron chi connectivity index (χ3n) is 7.94. The summed E-state index contributed by atoms with van der Waals surface area (Å²) in [4.78, 5) is 34.9. The second kappa shape index (κ2) is 35.9. The molecule has 0 aliphatic rings. The van der Waals surface area contributed by atoms with Gasteiger partial charge in [0.25, 0.3) is 0 Å². The third kappa shape index (κ3) is 38.9. The molecule has 0 aromatic rings. The molecule has 0 saturated carbocycles. The lowest BCUT2D eigenvalue weighted by molar-refractivity contribution is -0.870. The summed E-state index contributed by atoms with van der Waals surface area (Å²) in [6.07, 6.45) is 45.4. The van der Waals surface area contributed by atoms with E-state index in [-0.39, 0.29) is 26.1 Å². The van der Waals surface area contributed by atoms with Crippen molar-refractivity contribution in [2.75, 3.05) is 47.5 Å². The molecule has 54 heavy (non-hydrogen) atoms. The van der Waals surface area contributed by atoms with Crippen LogP contribution in [-0.4, -0.2) is 74.9 Å². The first-order valence-electron chi connectivity index (χ1n) is 20.3. The van der Waals surface area contributed by atoms with Gasteiger partial charge in [0.15, 0.2) is 6.10 Å². The first-order valence-corrected chi connectivity index (χ1v) is 21.8. The largest absolute Gasteiger partial charge is 0.472 e. The minimum atomic E-state index is -4.38. The molecule has 0 heterocycles. The van der Waals surface area contributed by atoms with E-state index in [0.29, 0.717) is 17.4 Å². The van der Waals surface area contributed by atoms with Crippen LogP contribution < -0.4 is 0 Å². The highest BCUT2D eigenvalue weighted by Crippen LogP contribution is 2.43. The molecule has 0 aromatic heterocycles. The Hall–Kier alpha value is -2.81. The van der Waals surface area contributed by atoms with Crippen molar-refractivity contribution >= 4 is 19.8 Å². The number of allylic oxidation sites excluding steroid dienone is 14. The number of likely N-dealkylation sites (N-methyl/N-ethyl adjacent to an activating group) is 1. The van der Waals surface area contributed by atoms with Crippen LogP contribution in [0, 0.1) is 0 Å². The lowest BCUT2D eigenvalue weighted by atomic mass is 10.1. The number of quaternary nitrogens is 1. The first-order chi connectivity index (χ1) is 26.0. The van der Waals surface area contributed by atoms with Gasteiger partial charge in [-0.15, -0.1) is 0 Å². The van der Waals surface area contributed by atoms with Crippen LogP contribution >= 0.6 is 7.82 Å². The van der Waals surface area contributed by atoms with Gasteiger partial charge in [0, 0.05) is 12.8 Å². The Bertz CT molecular complexity index is 1200. The maximum atomic E-state index is 12.6. The van der Waals surface area contributed by atoms with E-state index < -0.39 is 32.5 Å². The Kier molecular flexibility index (Phi) is 34.0. The van der Waals surface area contributed by atoms with Crippen LogP contribution in [0.15, 0.2) is 85.1 Å². The van der Waals surface area contributed by atoms with E-state index in [1.807, 2.05) is 21.1 Å². The molecule has 0 radical (unpaired) electrons. The van der Waals surface area contributed by atoms with Gasteiger partial charge in [0.05, 0.1) is 27.7 Å². The number of nitrogens with zero attached hydrogens (tertiary/aromatic N) is 1. The number of phosphoric ester groups is 1. The summed E-state index contributed by atoms with van der Waals surface area (Å²) in [5.74, 6) is -0.862. The Morgan fingerprint density at radius 1 is 0.593 bits per heavy atom. The third-order valence-corrected chi connectivity index (χ3v) is 8.92. The molecule has 0 rings (SSSR count). The molecule has 1 N–H and O–H groups in total. The number of unbranched alkanes of at least 4 members (excludes halogenated alkanes) is 7. The molecule has 0 aliphatic heterocycles. The van der Waals surface area contributed by atoms with Crippen molar-refractivity contribution in [1.82, 2.24) is 0 Å². The lowest BCUT2D eigenvalue weighted by Gasteiger charge is -2.24. The van der Waals surface area contributed by atoms with Crippen molar-refractivity contribution in [1.29, 1.82) is 0 Å². The summed E-state index contributed by atoms with van der Waals surface area (Å²) >= 11 is 0. The minimum absolute atomic E-state index is 0.0203. The summed E-state index contributed by atoms with van der Waals surface area (Å²) in [6.45, 7) is 4.13. The van der Waals surface area contributed by atoms with Gasteiger partial charge >= 0.3 is 19.8 Å². The van der Waals surface area contributed by atoms with Crippen LogP contribution in [0.25, 0.3) is 0 Å². The van der Waals surface area contributed by atoms with Gasteiger partial charge in [-0.25, -0.2) is 4.57 Å². The molecule has 0 bridgehead atoms. The van der Waals surface area contributed by atoms with E-state index in [1.165, 1.54) is 0 Å². The van der Waals surface area contributed by atoms with Crippen molar-refractivity contribution < 1.29 is 42.1 Å². The van der Waals surface area contributed by atoms with Gasteiger partial charge in [0.2, 0.25) is 0 Å². The van der Waals surface area contributed by atoms with Gasteiger partial charge in [0.1, 0.15) is 19.8 Å². The zero-order chi connectivity index (χ0) is 40.0.